The second-order valence-electron chi connectivity index (χ2n) is 2.64. The Kier molecular flexibility index (Phi) is 2.95. The number of hydrogen-bond donors (Lipinski definition) is 1. The number of ether oxygens (including phenoxy) is 1. The van der Waals surface area contributed by atoms with Crippen LogP contribution in [-0.4, -0.2) is 22.3 Å². The van der Waals surface area contributed by atoms with Crippen LogP contribution in [0, 0.1) is 0 Å². The van der Waals surface area contributed by atoms with Gasteiger partial charge in [0.15, 0.2) is 11.6 Å². The van der Waals surface area contributed by atoms with Gasteiger partial charge >= 0.3 is 0 Å². The monoisotopic (exact) mass is 273 g/mol. The molecule has 0 spiro atoms. The van der Waals surface area contributed by atoms with Crippen LogP contribution < -0.4 is 0 Å². The molecule has 2 rings (SSSR count). The zero-order chi connectivity index (χ0) is 9.97. The summed E-state index contributed by atoms with van der Waals surface area (Å²) in [4.78, 5) is 5.32. The average molecular weight is 274 g/mol. The van der Waals surface area contributed by atoms with E-state index in [9.17, 15) is 0 Å². The van der Waals surface area contributed by atoms with Crippen LogP contribution in [0.4, 0.5) is 0 Å². The van der Waals surface area contributed by atoms with Crippen LogP contribution in [0.3, 0.4) is 0 Å². The number of nitrogens with zero attached hydrogens (tertiary/aromatic N) is 2. The number of nitrogens with one attached hydrogen (secondary N) is 1. The highest BCUT2D eigenvalue weighted by Gasteiger charge is 2.07. The Balaban J connectivity index is 2.24. The first kappa shape index (κ1) is 9.82. The van der Waals surface area contributed by atoms with E-state index in [4.69, 9.17) is 4.74 Å². The van der Waals surface area contributed by atoms with Gasteiger partial charge in [-0.3, -0.25) is 5.10 Å². The highest BCUT2D eigenvalue weighted by molar-refractivity contribution is 9.11. The predicted molar refractivity (Wildman–Crippen MR) is 58.1 cm³/mol. The maximum Gasteiger partial charge on any atom is 0.191 e. The summed E-state index contributed by atoms with van der Waals surface area (Å²) in [5, 5.41) is 6.91. The van der Waals surface area contributed by atoms with Gasteiger partial charge in [0.2, 0.25) is 0 Å². The molecular formula is C8H8BrN3OS. The van der Waals surface area contributed by atoms with Crippen LogP contribution in [0.25, 0.3) is 10.7 Å². The average Bonchev–Trinajstić information content (AvgIpc) is 2.74. The molecule has 0 fully saturated rings. The van der Waals surface area contributed by atoms with E-state index >= 15 is 0 Å². The molecule has 4 nitrogen and oxygen atoms in total. The topological polar surface area (TPSA) is 50.8 Å². The van der Waals surface area contributed by atoms with Crippen molar-refractivity contribution in [3.8, 4) is 10.7 Å². The van der Waals surface area contributed by atoms with Crippen molar-refractivity contribution in [3.05, 3.63) is 21.7 Å². The molecule has 74 valence electrons. The van der Waals surface area contributed by atoms with Gasteiger partial charge in [-0.05, 0) is 28.1 Å². The van der Waals surface area contributed by atoms with Crippen LogP contribution >= 0.6 is 27.3 Å². The number of aromatic amines is 1. The van der Waals surface area contributed by atoms with E-state index in [1.807, 2.05) is 12.1 Å². The minimum Gasteiger partial charge on any atom is -0.377 e. The van der Waals surface area contributed by atoms with Gasteiger partial charge in [0, 0.05) is 7.11 Å². The maximum absolute atomic E-state index is 4.94. The molecule has 6 heteroatoms. The fraction of sp³-hybridized carbons (Fsp3) is 0.250. The molecule has 0 unspecified atom stereocenters. The molecule has 0 aliphatic carbocycles. The first-order chi connectivity index (χ1) is 6.79. The van der Waals surface area contributed by atoms with Gasteiger partial charge in [0.25, 0.3) is 0 Å². The van der Waals surface area contributed by atoms with E-state index in [1.165, 1.54) is 0 Å². The summed E-state index contributed by atoms with van der Waals surface area (Å²) in [5.74, 6) is 1.46. The summed E-state index contributed by atoms with van der Waals surface area (Å²) in [6.07, 6.45) is 0. The predicted octanol–water partition coefficient (Wildman–Crippen LogP) is 2.44. The first-order valence-corrected chi connectivity index (χ1v) is 5.56. The quantitative estimate of drug-likeness (QED) is 0.935. The van der Waals surface area contributed by atoms with Crippen LogP contribution in [0.1, 0.15) is 5.82 Å². The number of aromatic nitrogens is 3. The fourth-order valence-corrected chi connectivity index (χ4v) is 2.36. The smallest absolute Gasteiger partial charge is 0.191 e. The van der Waals surface area contributed by atoms with E-state index in [2.05, 4.69) is 31.1 Å². The highest BCUT2D eigenvalue weighted by atomic mass is 79.9. The molecule has 14 heavy (non-hydrogen) atoms. The molecule has 0 aliphatic rings. The lowest BCUT2D eigenvalue weighted by Gasteiger charge is -1.89. The van der Waals surface area contributed by atoms with E-state index in [1.54, 1.807) is 18.4 Å². The zero-order valence-electron chi connectivity index (χ0n) is 7.45. The van der Waals surface area contributed by atoms with Crippen molar-refractivity contribution in [2.45, 2.75) is 6.61 Å². The molecular weight excluding hydrogens is 266 g/mol. The fourth-order valence-electron chi connectivity index (χ4n) is 1.04. The van der Waals surface area contributed by atoms with Crippen molar-refractivity contribution in [3.63, 3.8) is 0 Å². The first-order valence-electron chi connectivity index (χ1n) is 3.95. The lowest BCUT2D eigenvalue weighted by molar-refractivity contribution is 0.178. The van der Waals surface area contributed by atoms with Crippen molar-refractivity contribution in [1.82, 2.24) is 15.2 Å². The van der Waals surface area contributed by atoms with E-state index < -0.39 is 0 Å². The molecule has 0 aliphatic heterocycles. The SMILES string of the molecule is COCc1nc(-c2ccc(Br)s2)n[nH]1. The Morgan fingerprint density at radius 3 is 3.07 bits per heavy atom. The van der Waals surface area contributed by atoms with Gasteiger partial charge in [0.05, 0.1) is 8.66 Å². The number of halogens is 1. The van der Waals surface area contributed by atoms with E-state index in [0.717, 1.165) is 14.5 Å². The molecule has 0 bridgehead atoms. The molecule has 0 atom stereocenters. The number of rotatable bonds is 3. The molecule has 2 aromatic heterocycles. The van der Waals surface area contributed by atoms with E-state index in [-0.39, 0.29) is 0 Å². The lowest BCUT2D eigenvalue weighted by Crippen LogP contribution is -1.89. The van der Waals surface area contributed by atoms with Crippen molar-refractivity contribution in [2.24, 2.45) is 0 Å². The molecule has 0 saturated heterocycles. The lowest BCUT2D eigenvalue weighted by atomic mass is 10.4. The summed E-state index contributed by atoms with van der Waals surface area (Å²) < 4.78 is 6.02. The summed E-state index contributed by atoms with van der Waals surface area (Å²) in [5.41, 5.74) is 0. The third kappa shape index (κ3) is 2.02. The molecule has 2 aromatic rings. The summed E-state index contributed by atoms with van der Waals surface area (Å²) in [6, 6.07) is 3.96. The summed E-state index contributed by atoms with van der Waals surface area (Å²) >= 11 is 5.00. The van der Waals surface area contributed by atoms with Crippen LogP contribution in [0.5, 0.6) is 0 Å². The Morgan fingerprint density at radius 2 is 2.43 bits per heavy atom. The zero-order valence-corrected chi connectivity index (χ0v) is 9.85. The maximum atomic E-state index is 4.94. The van der Waals surface area contributed by atoms with E-state index in [0.29, 0.717) is 12.4 Å². The normalized spacial score (nSPS) is 10.7. The second kappa shape index (κ2) is 4.20. The Morgan fingerprint density at radius 1 is 1.57 bits per heavy atom. The van der Waals surface area contributed by atoms with Gasteiger partial charge in [-0.25, -0.2) is 4.98 Å². The standard InChI is InChI=1S/C8H8BrN3OS/c1-13-4-7-10-8(12-11-7)5-2-3-6(9)14-5/h2-3H,4H2,1H3,(H,10,11,12). The Hall–Kier alpha value is -0.720. The van der Waals surface area contributed by atoms with Crippen LogP contribution in [-0.2, 0) is 11.3 Å². The minimum atomic E-state index is 0.458. The van der Waals surface area contributed by atoms with Crippen LogP contribution in [0.2, 0.25) is 0 Å². The molecule has 0 radical (unpaired) electrons. The summed E-state index contributed by atoms with van der Waals surface area (Å²) in [6.45, 7) is 0.458. The van der Waals surface area contributed by atoms with Gasteiger partial charge in [-0.1, -0.05) is 0 Å². The van der Waals surface area contributed by atoms with Gasteiger partial charge in [0.1, 0.15) is 6.61 Å². The third-order valence-electron chi connectivity index (χ3n) is 1.61. The van der Waals surface area contributed by atoms with Crippen molar-refractivity contribution >= 4 is 27.3 Å². The summed E-state index contributed by atoms with van der Waals surface area (Å²) in [7, 11) is 1.63. The number of methoxy groups -OCH3 is 1. The number of H-pyrrole nitrogens is 1. The Bertz CT molecular complexity index is 426. The Labute approximate surface area is 93.5 Å². The van der Waals surface area contributed by atoms with Crippen molar-refractivity contribution in [1.29, 1.82) is 0 Å². The second-order valence-corrected chi connectivity index (χ2v) is 5.11. The third-order valence-corrected chi connectivity index (χ3v) is 3.23. The van der Waals surface area contributed by atoms with Gasteiger partial charge < -0.3 is 4.74 Å². The van der Waals surface area contributed by atoms with Gasteiger partial charge in [-0.15, -0.1) is 11.3 Å². The molecule has 0 aromatic carbocycles. The van der Waals surface area contributed by atoms with Gasteiger partial charge in [-0.2, -0.15) is 5.10 Å². The minimum absolute atomic E-state index is 0.458. The number of hydrogen-bond acceptors (Lipinski definition) is 4. The number of thiophene rings is 1. The molecule has 0 amide bonds. The molecule has 1 N–H and O–H groups in total. The van der Waals surface area contributed by atoms with Crippen molar-refractivity contribution in [2.75, 3.05) is 7.11 Å². The molecule has 0 saturated carbocycles. The van der Waals surface area contributed by atoms with Crippen molar-refractivity contribution < 1.29 is 4.74 Å². The van der Waals surface area contributed by atoms with Crippen LogP contribution in [0.15, 0.2) is 15.9 Å². The largest absolute Gasteiger partial charge is 0.377 e. The molecule has 2 heterocycles. The highest BCUT2D eigenvalue weighted by Crippen LogP contribution is 2.28.